The summed E-state index contributed by atoms with van der Waals surface area (Å²) < 4.78 is 11.4. The third-order valence-corrected chi connectivity index (χ3v) is 3.91. The largest absolute Gasteiger partial charge is 0.489 e. The number of aromatic carboxylic acids is 1. The smallest absolute Gasteiger partial charge is 0.374 e. The lowest BCUT2D eigenvalue weighted by Crippen LogP contribution is -2.24. The maximum absolute atomic E-state index is 10.8. The number of carbonyl (C=O) groups is 1. The van der Waals surface area contributed by atoms with Crippen LogP contribution in [-0.2, 0) is 0 Å². The Morgan fingerprint density at radius 1 is 1.40 bits per heavy atom. The fraction of sp³-hybridized carbons (Fsp3) is 0.286. The van der Waals surface area contributed by atoms with Gasteiger partial charge in [-0.1, -0.05) is 5.16 Å². The lowest BCUT2D eigenvalue weighted by molar-refractivity contribution is 0.0652. The molecular formula is C14H12BrNO4. The van der Waals surface area contributed by atoms with Gasteiger partial charge in [0.1, 0.15) is 11.4 Å². The van der Waals surface area contributed by atoms with Crippen LogP contribution >= 0.6 is 15.9 Å². The zero-order chi connectivity index (χ0) is 14.1. The molecule has 0 spiro atoms. The number of ether oxygens (including phenoxy) is 1. The van der Waals surface area contributed by atoms with Crippen molar-refractivity contribution in [3.05, 3.63) is 34.5 Å². The fourth-order valence-electron chi connectivity index (χ4n) is 1.94. The molecule has 1 aliphatic rings. The monoisotopic (exact) mass is 337 g/mol. The Hall–Kier alpha value is -1.82. The van der Waals surface area contributed by atoms with Crippen LogP contribution in [0.15, 0.2) is 33.3 Å². The Labute approximate surface area is 123 Å². The van der Waals surface area contributed by atoms with Crippen LogP contribution in [0.4, 0.5) is 0 Å². The maximum atomic E-state index is 10.8. The Bertz CT molecular complexity index is 648. The normalized spacial score (nSPS) is 14.8. The van der Waals surface area contributed by atoms with Crippen molar-refractivity contribution in [1.82, 2.24) is 5.16 Å². The van der Waals surface area contributed by atoms with E-state index in [1.165, 1.54) is 12.5 Å². The molecule has 0 aliphatic heterocycles. The molecule has 0 bridgehead atoms. The van der Waals surface area contributed by atoms with E-state index >= 15 is 0 Å². The maximum Gasteiger partial charge on any atom is 0.374 e. The van der Waals surface area contributed by atoms with Gasteiger partial charge in [-0.15, -0.1) is 0 Å². The number of nitrogens with zero attached hydrogens (tertiary/aromatic N) is 1. The first-order valence-electron chi connectivity index (χ1n) is 6.30. The van der Waals surface area contributed by atoms with Gasteiger partial charge in [0.25, 0.3) is 0 Å². The van der Waals surface area contributed by atoms with Gasteiger partial charge < -0.3 is 14.4 Å². The first kappa shape index (κ1) is 13.2. The van der Waals surface area contributed by atoms with Crippen LogP contribution in [0.5, 0.6) is 5.75 Å². The van der Waals surface area contributed by atoms with Crippen molar-refractivity contribution in [2.24, 2.45) is 0 Å². The van der Waals surface area contributed by atoms with E-state index in [1.807, 2.05) is 18.2 Å². The van der Waals surface area contributed by atoms with Crippen molar-refractivity contribution in [2.75, 3.05) is 0 Å². The van der Waals surface area contributed by atoms with Gasteiger partial charge in [0, 0.05) is 11.6 Å². The van der Waals surface area contributed by atoms with Crippen LogP contribution in [0.25, 0.3) is 11.3 Å². The van der Waals surface area contributed by atoms with Crippen LogP contribution in [0, 0.1) is 0 Å². The van der Waals surface area contributed by atoms with E-state index in [9.17, 15) is 4.79 Å². The standard InChI is InChI=1S/C14H12BrNO4/c15-10-6-8(11-7-13(14(17)18)20-16-11)4-5-12(10)19-9-2-1-3-9/h4-7,9H,1-3H2,(H,17,18). The van der Waals surface area contributed by atoms with E-state index in [4.69, 9.17) is 14.4 Å². The number of hydrogen-bond donors (Lipinski definition) is 1. The van der Waals surface area contributed by atoms with Crippen LogP contribution in [-0.4, -0.2) is 22.3 Å². The van der Waals surface area contributed by atoms with E-state index in [0.717, 1.165) is 28.6 Å². The minimum atomic E-state index is -1.13. The summed E-state index contributed by atoms with van der Waals surface area (Å²) >= 11 is 3.46. The molecule has 1 fully saturated rings. The molecule has 1 saturated carbocycles. The van der Waals surface area contributed by atoms with E-state index in [-0.39, 0.29) is 5.76 Å². The molecule has 0 saturated heterocycles. The van der Waals surface area contributed by atoms with E-state index in [0.29, 0.717) is 11.8 Å². The first-order chi connectivity index (χ1) is 9.63. The number of carboxylic acid groups (broad SMARTS) is 1. The van der Waals surface area contributed by atoms with Gasteiger partial charge >= 0.3 is 5.97 Å². The summed E-state index contributed by atoms with van der Waals surface area (Å²) in [6, 6.07) is 6.93. The van der Waals surface area contributed by atoms with Gasteiger partial charge in [0.05, 0.1) is 10.6 Å². The fourth-order valence-corrected chi connectivity index (χ4v) is 2.41. The van der Waals surface area contributed by atoms with Crippen LogP contribution in [0.3, 0.4) is 0 Å². The van der Waals surface area contributed by atoms with E-state index in [2.05, 4.69) is 21.1 Å². The second kappa shape index (κ2) is 5.28. The summed E-state index contributed by atoms with van der Waals surface area (Å²) in [6.45, 7) is 0. The molecule has 1 heterocycles. The zero-order valence-corrected chi connectivity index (χ0v) is 12.1. The van der Waals surface area contributed by atoms with Crippen molar-refractivity contribution in [3.63, 3.8) is 0 Å². The average molecular weight is 338 g/mol. The molecule has 1 N–H and O–H groups in total. The molecular weight excluding hydrogens is 326 g/mol. The molecule has 6 heteroatoms. The molecule has 1 aliphatic carbocycles. The van der Waals surface area contributed by atoms with Gasteiger partial charge in [-0.25, -0.2) is 4.79 Å². The van der Waals surface area contributed by atoms with Crippen LogP contribution in [0.1, 0.15) is 29.8 Å². The molecule has 5 nitrogen and oxygen atoms in total. The minimum Gasteiger partial charge on any atom is -0.489 e. The van der Waals surface area contributed by atoms with Crippen LogP contribution < -0.4 is 4.74 Å². The molecule has 0 radical (unpaired) electrons. The van der Waals surface area contributed by atoms with Gasteiger partial charge in [-0.3, -0.25) is 0 Å². The predicted molar refractivity (Wildman–Crippen MR) is 74.9 cm³/mol. The highest BCUT2D eigenvalue weighted by atomic mass is 79.9. The van der Waals surface area contributed by atoms with Crippen molar-refractivity contribution in [3.8, 4) is 17.0 Å². The molecule has 20 heavy (non-hydrogen) atoms. The second-order valence-electron chi connectivity index (χ2n) is 4.70. The van der Waals surface area contributed by atoms with Crippen LogP contribution in [0.2, 0.25) is 0 Å². The third kappa shape index (κ3) is 2.56. The summed E-state index contributed by atoms with van der Waals surface area (Å²) in [5.74, 6) is -0.515. The Morgan fingerprint density at radius 2 is 2.20 bits per heavy atom. The zero-order valence-electron chi connectivity index (χ0n) is 10.5. The van der Waals surface area contributed by atoms with Crippen molar-refractivity contribution in [2.45, 2.75) is 25.4 Å². The molecule has 1 aromatic carbocycles. The summed E-state index contributed by atoms with van der Waals surface area (Å²) in [6.07, 6.45) is 3.72. The molecule has 1 aromatic heterocycles. The Morgan fingerprint density at radius 3 is 2.75 bits per heavy atom. The highest BCUT2D eigenvalue weighted by Gasteiger charge is 2.20. The van der Waals surface area contributed by atoms with Gasteiger partial charge in [0.15, 0.2) is 0 Å². The lowest BCUT2D eigenvalue weighted by atomic mass is 9.96. The highest BCUT2D eigenvalue weighted by molar-refractivity contribution is 9.10. The molecule has 0 amide bonds. The molecule has 3 rings (SSSR count). The quantitative estimate of drug-likeness (QED) is 0.920. The SMILES string of the molecule is O=C(O)c1cc(-c2ccc(OC3CCC3)c(Br)c2)no1. The molecule has 104 valence electrons. The summed E-state index contributed by atoms with van der Waals surface area (Å²) in [4.78, 5) is 10.8. The van der Waals surface area contributed by atoms with Crippen molar-refractivity contribution < 1.29 is 19.2 Å². The number of halogens is 1. The summed E-state index contributed by atoms with van der Waals surface area (Å²) in [5, 5.41) is 12.6. The third-order valence-electron chi connectivity index (χ3n) is 3.29. The van der Waals surface area contributed by atoms with Crippen molar-refractivity contribution in [1.29, 1.82) is 0 Å². The molecule has 2 aromatic rings. The topological polar surface area (TPSA) is 72.6 Å². The Balaban J connectivity index is 1.83. The number of hydrogen-bond acceptors (Lipinski definition) is 4. The van der Waals surface area contributed by atoms with Gasteiger partial charge in [0.2, 0.25) is 5.76 Å². The van der Waals surface area contributed by atoms with Gasteiger partial charge in [-0.2, -0.15) is 0 Å². The first-order valence-corrected chi connectivity index (χ1v) is 7.09. The summed E-state index contributed by atoms with van der Waals surface area (Å²) in [7, 11) is 0. The average Bonchev–Trinajstić information content (AvgIpc) is 2.84. The summed E-state index contributed by atoms with van der Waals surface area (Å²) in [5.41, 5.74) is 1.26. The van der Waals surface area contributed by atoms with Gasteiger partial charge in [-0.05, 0) is 53.4 Å². The lowest BCUT2D eigenvalue weighted by Gasteiger charge is -2.26. The van der Waals surface area contributed by atoms with E-state index < -0.39 is 5.97 Å². The van der Waals surface area contributed by atoms with E-state index in [1.54, 1.807) is 0 Å². The predicted octanol–water partition coefficient (Wildman–Crippen LogP) is 3.73. The minimum absolute atomic E-state index is 0.175. The second-order valence-corrected chi connectivity index (χ2v) is 5.55. The number of benzene rings is 1. The number of aromatic nitrogens is 1. The molecule has 0 unspecified atom stereocenters. The number of carboxylic acids is 1. The Kier molecular flexibility index (Phi) is 3.48. The highest BCUT2D eigenvalue weighted by Crippen LogP contribution is 2.33. The van der Waals surface area contributed by atoms with Crippen molar-refractivity contribution >= 4 is 21.9 Å². The number of rotatable bonds is 4. The molecule has 0 atom stereocenters.